The molecule has 0 fully saturated rings. The number of hydrogen-bond acceptors (Lipinski definition) is 8. The minimum atomic E-state index is -0.467. The topological polar surface area (TPSA) is 119 Å². The molecule has 5 rings (SSSR count). The van der Waals surface area contributed by atoms with Crippen molar-refractivity contribution in [1.82, 2.24) is 19.3 Å². The van der Waals surface area contributed by atoms with E-state index in [1.165, 1.54) is 45.4 Å². The lowest BCUT2D eigenvalue weighted by Gasteiger charge is -2.10. The molecule has 0 spiro atoms. The fourth-order valence-corrected chi connectivity index (χ4v) is 4.92. The second-order valence-electron chi connectivity index (χ2n) is 7.82. The number of thiophene rings is 1. The molecule has 5 aromatic rings. The first-order valence-corrected chi connectivity index (χ1v) is 12.4. The third-order valence-electron chi connectivity index (χ3n) is 5.40. The van der Waals surface area contributed by atoms with Gasteiger partial charge in [0.05, 0.1) is 51.0 Å². The van der Waals surface area contributed by atoms with Crippen LogP contribution >= 0.6 is 34.5 Å². The van der Waals surface area contributed by atoms with Crippen molar-refractivity contribution in [3.05, 3.63) is 109 Å². The average molecular weight is 551 g/mol. The van der Waals surface area contributed by atoms with Crippen LogP contribution in [0.15, 0.2) is 76.5 Å². The highest BCUT2D eigenvalue weighted by molar-refractivity contribution is 7.16. The van der Waals surface area contributed by atoms with Crippen molar-refractivity contribution < 1.29 is 9.21 Å². The number of oxazole rings is 1. The Balaban J connectivity index is 1.62. The maximum atomic E-state index is 13.5. The molecule has 9 nitrogen and oxygen atoms in total. The van der Waals surface area contributed by atoms with Gasteiger partial charge < -0.3 is 14.3 Å². The SMILES string of the molecule is N#Cc1cc(-c2cc(NCc3ccc(Cl)s3)n(C(=O)c3ccccc3Cl)n2)n(Cc2cocn2)c(=O)c1. The summed E-state index contributed by atoms with van der Waals surface area (Å²) in [6.45, 7) is 0.459. The first-order valence-electron chi connectivity index (χ1n) is 10.8. The van der Waals surface area contributed by atoms with E-state index in [-0.39, 0.29) is 22.7 Å². The quantitative estimate of drug-likeness (QED) is 0.292. The minimum Gasteiger partial charge on any atom is -0.451 e. The van der Waals surface area contributed by atoms with Crippen LogP contribution in [0, 0.1) is 11.3 Å². The van der Waals surface area contributed by atoms with E-state index in [4.69, 9.17) is 27.6 Å². The Bertz CT molecular complexity index is 1700. The van der Waals surface area contributed by atoms with Gasteiger partial charge in [0.25, 0.3) is 11.5 Å². The number of nitrogens with one attached hydrogen (secondary N) is 1. The Labute approximate surface area is 224 Å². The summed E-state index contributed by atoms with van der Waals surface area (Å²) < 4.78 is 8.28. The van der Waals surface area contributed by atoms with E-state index in [2.05, 4.69) is 15.4 Å². The molecule has 4 heterocycles. The number of nitriles is 1. The number of carbonyl (C=O) groups excluding carboxylic acids is 1. The van der Waals surface area contributed by atoms with E-state index in [0.717, 1.165) is 4.88 Å². The molecule has 1 N–H and O–H groups in total. The van der Waals surface area contributed by atoms with Gasteiger partial charge in [0.1, 0.15) is 17.8 Å². The number of aromatic nitrogens is 4. The predicted octanol–water partition coefficient (Wildman–Crippen LogP) is 5.29. The normalized spacial score (nSPS) is 10.8. The van der Waals surface area contributed by atoms with Gasteiger partial charge in [0.2, 0.25) is 0 Å². The molecule has 0 atom stereocenters. The van der Waals surface area contributed by atoms with Gasteiger partial charge in [-0.05, 0) is 30.3 Å². The lowest BCUT2D eigenvalue weighted by molar-refractivity contribution is 0.0948. The number of benzene rings is 1. The Morgan fingerprint density at radius 2 is 2.00 bits per heavy atom. The molecular formula is C25H16Cl2N6O3S. The molecule has 37 heavy (non-hydrogen) atoms. The zero-order valence-electron chi connectivity index (χ0n) is 18.9. The van der Waals surface area contributed by atoms with Crippen LogP contribution in [0.2, 0.25) is 9.36 Å². The van der Waals surface area contributed by atoms with Crippen molar-refractivity contribution in [3.63, 3.8) is 0 Å². The van der Waals surface area contributed by atoms with Crippen molar-refractivity contribution in [2.24, 2.45) is 0 Å². The highest BCUT2D eigenvalue weighted by atomic mass is 35.5. The van der Waals surface area contributed by atoms with Crippen molar-refractivity contribution in [3.8, 4) is 17.5 Å². The molecule has 0 aliphatic heterocycles. The van der Waals surface area contributed by atoms with E-state index in [0.29, 0.717) is 33.8 Å². The molecule has 0 bridgehead atoms. The zero-order valence-corrected chi connectivity index (χ0v) is 21.2. The number of nitrogens with zero attached hydrogens (tertiary/aromatic N) is 5. The summed E-state index contributed by atoms with van der Waals surface area (Å²) in [5, 5.41) is 17.5. The number of rotatable bonds is 7. The molecule has 0 aliphatic carbocycles. The summed E-state index contributed by atoms with van der Waals surface area (Å²) in [5.74, 6) is -0.0994. The van der Waals surface area contributed by atoms with E-state index in [9.17, 15) is 14.9 Å². The van der Waals surface area contributed by atoms with Crippen molar-refractivity contribution in [1.29, 1.82) is 5.26 Å². The Hall–Kier alpha value is -4.17. The standard InChI is InChI=1S/C25H16Cl2N6O3S/c26-19-4-2-1-3-18(19)25(35)33-23(29-11-17-5-6-22(27)37-17)9-20(31-33)21-7-15(10-28)8-24(34)32(21)12-16-13-36-14-30-16/h1-9,13-14,29H,11-12H2. The zero-order chi connectivity index (χ0) is 25.9. The van der Waals surface area contributed by atoms with Crippen LogP contribution in [0.3, 0.4) is 0 Å². The van der Waals surface area contributed by atoms with Gasteiger partial charge >= 0.3 is 0 Å². The summed E-state index contributed by atoms with van der Waals surface area (Å²) in [4.78, 5) is 31.5. The monoisotopic (exact) mass is 550 g/mol. The van der Waals surface area contributed by atoms with E-state index < -0.39 is 11.5 Å². The van der Waals surface area contributed by atoms with Crippen LogP contribution in [-0.4, -0.2) is 25.2 Å². The molecule has 1 aromatic carbocycles. The molecule has 0 unspecified atom stereocenters. The summed E-state index contributed by atoms with van der Waals surface area (Å²) >= 11 is 13.8. The van der Waals surface area contributed by atoms with Crippen LogP contribution in [0.5, 0.6) is 0 Å². The number of halogens is 2. The Morgan fingerprint density at radius 1 is 1.16 bits per heavy atom. The highest BCUT2D eigenvalue weighted by Crippen LogP contribution is 2.27. The fourth-order valence-electron chi connectivity index (χ4n) is 3.67. The largest absolute Gasteiger partial charge is 0.451 e. The van der Waals surface area contributed by atoms with Crippen molar-refractivity contribution >= 4 is 46.3 Å². The summed E-state index contributed by atoms with van der Waals surface area (Å²) in [7, 11) is 0. The van der Waals surface area contributed by atoms with Gasteiger partial charge in [0.15, 0.2) is 6.39 Å². The first-order chi connectivity index (χ1) is 17.9. The summed E-state index contributed by atoms with van der Waals surface area (Å²) in [6.07, 6.45) is 2.69. The van der Waals surface area contributed by atoms with Gasteiger partial charge in [-0.2, -0.15) is 15.0 Å². The van der Waals surface area contributed by atoms with Crippen LogP contribution in [0.1, 0.15) is 26.5 Å². The average Bonchev–Trinajstić information content (AvgIpc) is 3.65. The highest BCUT2D eigenvalue weighted by Gasteiger charge is 2.21. The number of pyridine rings is 1. The Kier molecular flexibility index (Phi) is 6.92. The Morgan fingerprint density at radius 3 is 2.70 bits per heavy atom. The summed E-state index contributed by atoms with van der Waals surface area (Å²) in [5.41, 5.74) is 1.13. The molecule has 184 valence electrons. The van der Waals surface area contributed by atoms with Crippen molar-refractivity contribution in [2.45, 2.75) is 13.1 Å². The van der Waals surface area contributed by atoms with Crippen LogP contribution in [-0.2, 0) is 13.1 Å². The molecule has 0 radical (unpaired) electrons. The second kappa shape index (κ2) is 10.4. The molecule has 0 amide bonds. The molecular weight excluding hydrogens is 535 g/mol. The molecule has 4 aromatic heterocycles. The maximum absolute atomic E-state index is 13.5. The van der Waals surface area contributed by atoms with Crippen LogP contribution in [0.4, 0.5) is 5.82 Å². The lowest BCUT2D eigenvalue weighted by atomic mass is 10.2. The fraction of sp³-hybridized carbons (Fsp3) is 0.0800. The van der Waals surface area contributed by atoms with Gasteiger partial charge in [-0.25, -0.2) is 4.98 Å². The number of carbonyl (C=O) groups is 1. The van der Waals surface area contributed by atoms with E-state index >= 15 is 0 Å². The lowest BCUT2D eigenvalue weighted by Crippen LogP contribution is -2.23. The molecule has 0 saturated heterocycles. The molecule has 0 aliphatic rings. The number of hydrogen-bond donors (Lipinski definition) is 1. The minimum absolute atomic E-state index is 0.0815. The molecule has 0 saturated carbocycles. The summed E-state index contributed by atoms with van der Waals surface area (Å²) in [6, 6.07) is 16.7. The van der Waals surface area contributed by atoms with E-state index in [1.807, 2.05) is 12.1 Å². The smallest absolute Gasteiger partial charge is 0.281 e. The van der Waals surface area contributed by atoms with Gasteiger partial charge in [0, 0.05) is 17.0 Å². The van der Waals surface area contributed by atoms with Gasteiger partial charge in [-0.1, -0.05) is 35.3 Å². The first kappa shape index (κ1) is 24.5. The van der Waals surface area contributed by atoms with Crippen LogP contribution < -0.4 is 10.9 Å². The maximum Gasteiger partial charge on any atom is 0.281 e. The third-order valence-corrected chi connectivity index (χ3v) is 6.96. The van der Waals surface area contributed by atoms with E-state index in [1.54, 1.807) is 36.4 Å². The predicted molar refractivity (Wildman–Crippen MR) is 140 cm³/mol. The third kappa shape index (κ3) is 5.20. The number of anilines is 1. The van der Waals surface area contributed by atoms with Gasteiger partial charge in [-0.3, -0.25) is 9.59 Å². The van der Waals surface area contributed by atoms with Crippen LogP contribution in [0.25, 0.3) is 11.4 Å². The second-order valence-corrected chi connectivity index (χ2v) is 10.0. The molecule has 12 heteroatoms. The van der Waals surface area contributed by atoms with Crippen molar-refractivity contribution in [2.75, 3.05) is 5.32 Å². The van der Waals surface area contributed by atoms with Gasteiger partial charge in [-0.15, -0.1) is 11.3 Å².